The van der Waals surface area contributed by atoms with Crippen LogP contribution in [0.15, 0.2) is 94.7 Å². The fourth-order valence-electron chi connectivity index (χ4n) is 8.31. The number of rotatable bonds is 10. The van der Waals surface area contributed by atoms with Crippen molar-refractivity contribution in [2.45, 2.75) is 63.7 Å². The molecule has 10 heteroatoms. The fraction of sp³-hybridized carbons (Fsp3) is 0.444. The first kappa shape index (κ1) is 34.0. The molecule has 4 N–H and O–H groups in total. The predicted molar refractivity (Wildman–Crippen MR) is 175 cm³/mol. The molecule has 4 aliphatic carbocycles. The number of halogens is 2. The van der Waals surface area contributed by atoms with E-state index in [4.69, 9.17) is 0 Å². The zero-order valence-electron chi connectivity index (χ0n) is 26.2. The summed E-state index contributed by atoms with van der Waals surface area (Å²) in [5.41, 5.74) is -2.70. The summed E-state index contributed by atoms with van der Waals surface area (Å²) < 4.78 is 33.3. The molecule has 0 spiro atoms. The molecule has 4 aliphatic rings. The molecule has 46 heavy (non-hydrogen) atoms. The van der Waals surface area contributed by atoms with Crippen LogP contribution in [0.4, 0.5) is 14.5 Å². The molecule has 0 aliphatic heterocycles. The number of nitrogens with zero attached hydrogens (tertiary/aromatic N) is 1. The molecule has 2 saturated carbocycles. The lowest BCUT2D eigenvalue weighted by atomic mass is 9.45. The summed E-state index contributed by atoms with van der Waals surface area (Å²) in [5, 5.41) is 43.0. The van der Waals surface area contributed by atoms with E-state index >= 15 is 8.78 Å². The van der Waals surface area contributed by atoms with Gasteiger partial charge in [-0.3, -0.25) is 19.9 Å². The van der Waals surface area contributed by atoms with E-state index in [1.54, 1.807) is 44.2 Å². The summed E-state index contributed by atoms with van der Waals surface area (Å²) in [6.45, 7) is 7.76. The highest BCUT2D eigenvalue weighted by atomic mass is 32.2. The van der Waals surface area contributed by atoms with Crippen molar-refractivity contribution in [3.05, 3.63) is 100 Å². The predicted octanol–water partition coefficient (Wildman–Crippen LogP) is 6.43. The minimum atomic E-state index is -2.30. The molecule has 5 rings (SSSR count). The second kappa shape index (κ2) is 12.7. The molecule has 1 aromatic carbocycles. The number of allylic oxidation sites excluding steroid dienone is 8. The van der Waals surface area contributed by atoms with Gasteiger partial charge in [-0.1, -0.05) is 37.8 Å². The largest absolute Gasteiger partial charge is 0.513 e. The fourth-order valence-corrected chi connectivity index (χ4v) is 9.12. The van der Waals surface area contributed by atoms with Gasteiger partial charge in [-0.15, -0.1) is 11.8 Å². The third kappa shape index (κ3) is 5.63. The molecule has 0 heterocycles. The van der Waals surface area contributed by atoms with E-state index in [0.717, 1.165) is 21.6 Å². The summed E-state index contributed by atoms with van der Waals surface area (Å²) >= 11 is 1.53. The number of aliphatic hydroxyl groups is 3. The van der Waals surface area contributed by atoms with Crippen LogP contribution in [0.3, 0.4) is 0 Å². The lowest BCUT2D eigenvalue weighted by Gasteiger charge is -2.62. The summed E-state index contributed by atoms with van der Waals surface area (Å²) in [4.78, 5) is 26.3. The number of carbonyl (C=O) groups is 2. The molecular weight excluding hydrogens is 612 g/mol. The topological polar surface area (TPSA) is 118 Å². The molecule has 0 amide bonds. The van der Waals surface area contributed by atoms with Crippen molar-refractivity contribution in [1.82, 2.24) is 0 Å². The van der Waals surface area contributed by atoms with Crippen LogP contribution >= 0.6 is 11.8 Å². The maximum Gasteiger partial charge on any atom is 0.184 e. The van der Waals surface area contributed by atoms with E-state index < -0.39 is 58.8 Å². The minimum Gasteiger partial charge on any atom is -0.513 e. The Balaban J connectivity index is 1.40. The molecule has 7 atom stereocenters. The highest BCUT2D eigenvalue weighted by Gasteiger charge is 2.71. The Bertz CT molecular complexity index is 1580. The molecule has 0 bridgehead atoms. The molecule has 1 unspecified atom stereocenters. The summed E-state index contributed by atoms with van der Waals surface area (Å²) in [5.74, 6) is -1.78. The molecular formula is C36H41F2NO6S. The maximum absolute atomic E-state index is 17.5. The zero-order valence-corrected chi connectivity index (χ0v) is 27.1. The lowest BCUT2D eigenvalue weighted by molar-refractivity contribution is -0.192. The van der Waals surface area contributed by atoms with Gasteiger partial charge in [0.1, 0.15) is 12.8 Å². The number of fused-ring (bicyclic) bond motifs is 5. The number of aliphatic hydroxyl groups excluding tert-OH is 3. The van der Waals surface area contributed by atoms with E-state index in [2.05, 4.69) is 6.58 Å². The van der Waals surface area contributed by atoms with Gasteiger partial charge in [-0.05, 0) is 92.2 Å². The van der Waals surface area contributed by atoms with E-state index in [0.29, 0.717) is 17.0 Å². The second-order valence-corrected chi connectivity index (χ2v) is 14.3. The van der Waals surface area contributed by atoms with Gasteiger partial charge in [0.05, 0.1) is 24.1 Å². The molecule has 0 radical (unpaired) electrons. The molecule has 7 nitrogen and oxygen atoms in total. The van der Waals surface area contributed by atoms with Crippen LogP contribution in [-0.2, 0) is 15.3 Å². The SMILES string of the molecule is C=C/C(=C\C=C(/C)O)SCc1ccc(N(O)CC2=C(C(=O)CO)[C@@]3(C)C[C@H](O)[C@@]4(F)[C@@H](C[C@H](F)C5=CC(=O)C=C[C@@]54C)C3C2)cc1. The van der Waals surface area contributed by atoms with E-state index in [-0.39, 0.29) is 42.7 Å². The van der Waals surface area contributed by atoms with Gasteiger partial charge in [0.15, 0.2) is 17.2 Å². The average molecular weight is 654 g/mol. The molecule has 0 saturated heterocycles. The second-order valence-electron chi connectivity index (χ2n) is 13.2. The Morgan fingerprint density at radius 1 is 1.20 bits per heavy atom. The third-order valence-corrected chi connectivity index (χ3v) is 11.6. The van der Waals surface area contributed by atoms with Crippen molar-refractivity contribution in [2.24, 2.45) is 22.7 Å². The van der Waals surface area contributed by atoms with Gasteiger partial charge in [0, 0.05) is 33.0 Å². The number of ketones is 2. The summed E-state index contributed by atoms with van der Waals surface area (Å²) in [6.07, 6.45) is 5.38. The van der Waals surface area contributed by atoms with Gasteiger partial charge < -0.3 is 15.3 Å². The van der Waals surface area contributed by atoms with Crippen LogP contribution < -0.4 is 5.06 Å². The van der Waals surface area contributed by atoms with Gasteiger partial charge >= 0.3 is 0 Å². The molecule has 246 valence electrons. The number of benzene rings is 1. The molecule has 2 fully saturated rings. The smallest absolute Gasteiger partial charge is 0.184 e. The van der Waals surface area contributed by atoms with Gasteiger partial charge in [-0.25, -0.2) is 8.78 Å². The molecule has 0 aromatic heterocycles. The number of anilines is 1. The Kier molecular flexibility index (Phi) is 9.41. The van der Waals surface area contributed by atoms with Crippen LogP contribution in [0.1, 0.15) is 45.6 Å². The first-order valence-electron chi connectivity index (χ1n) is 15.4. The quantitative estimate of drug-likeness (QED) is 0.130. The van der Waals surface area contributed by atoms with Crippen LogP contribution in [0.2, 0.25) is 0 Å². The normalized spacial score (nSPS) is 34.1. The van der Waals surface area contributed by atoms with Crippen molar-refractivity contribution < 1.29 is 38.9 Å². The highest BCUT2D eigenvalue weighted by Crippen LogP contribution is 2.69. The number of hydrogen-bond donors (Lipinski definition) is 4. The number of hydrogen-bond acceptors (Lipinski definition) is 8. The lowest BCUT2D eigenvalue weighted by Crippen LogP contribution is -2.68. The Labute approximate surface area is 272 Å². The van der Waals surface area contributed by atoms with Crippen molar-refractivity contribution in [3.8, 4) is 0 Å². The summed E-state index contributed by atoms with van der Waals surface area (Å²) in [6, 6.07) is 7.18. The monoisotopic (exact) mass is 653 g/mol. The standard InChI is InChI=1S/C36H41F2NO6S/c1-5-26(11-6-21(2)41)46-20-22-7-9-24(10-8-22)39(45)18-23-14-27-28-16-30(37)29-15-25(42)12-13-35(29,4)36(28,38)32(44)17-34(27,3)33(23)31(43)19-40/h5-13,15,27-28,30,32,40-41,44-45H,1,14,16-20H2,2-4H3/b21-6+,26-11+/t27?,28-,30-,32-,34-,35-,36-/m0/s1. The van der Waals surface area contributed by atoms with Gasteiger partial charge in [0.2, 0.25) is 0 Å². The van der Waals surface area contributed by atoms with Crippen LogP contribution in [-0.4, -0.2) is 63.2 Å². The number of Topliss-reactive ketones (excluding diaryl/α,β-unsaturated/α-hetero) is 1. The average Bonchev–Trinajstić information content (AvgIpc) is 3.30. The van der Waals surface area contributed by atoms with E-state index in [1.807, 2.05) is 12.1 Å². The van der Waals surface area contributed by atoms with Crippen LogP contribution in [0.25, 0.3) is 0 Å². The number of thioether (sulfide) groups is 1. The minimum absolute atomic E-state index is 0.0245. The number of alkyl halides is 2. The van der Waals surface area contributed by atoms with Gasteiger partial charge in [0.25, 0.3) is 0 Å². The third-order valence-electron chi connectivity index (χ3n) is 10.5. The van der Waals surface area contributed by atoms with E-state index in [9.17, 15) is 30.1 Å². The van der Waals surface area contributed by atoms with Crippen molar-refractivity contribution >= 4 is 29.0 Å². The van der Waals surface area contributed by atoms with Crippen LogP contribution in [0.5, 0.6) is 0 Å². The van der Waals surface area contributed by atoms with Gasteiger partial charge in [-0.2, -0.15) is 0 Å². The van der Waals surface area contributed by atoms with E-state index in [1.165, 1.54) is 30.8 Å². The zero-order chi connectivity index (χ0) is 33.6. The van der Waals surface area contributed by atoms with Crippen molar-refractivity contribution in [3.63, 3.8) is 0 Å². The first-order chi connectivity index (χ1) is 21.7. The maximum atomic E-state index is 17.5. The van der Waals surface area contributed by atoms with Crippen LogP contribution in [0, 0.1) is 22.7 Å². The summed E-state index contributed by atoms with van der Waals surface area (Å²) in [7, 11) is 0. The Hall–Kier alpha value is -3.31. The van der Waals surface area contributed by atoms with Crippen molar-refractivity contribution in [1.29, 1.82) is 0 Å². The molecule has 1 aromatic rings. The Morgan fingerprint density at radius 2 is 1.89 bits per heavy atom. The van der Waals surface area contributed by atoms with Crippen molar-refractivity contribution in [2.75, 3.05) is 18.2 Å². The Morgan fingerprint density at radius 3 is 2.52 bits per heavy atom. The number of hydroxylamine groups is 1. The first-order valence-corrected chi connectivity index (χ1v) is 16.4. The number of carbonyl (C=O) groups excluding carboxylic acids is 2. The highest BCUT2D eigenvalue weighted by molar-refractivity contribution is 8.02.